The summed E-state index contributed by atoms with van der Waals surface area (Å²) in [5.74, 6) is -0.465. The molecule has 0 aliphatic heterocycles. The number of halogens is 3. The van der Waals surface area contributed by atoms with Crippen LogP contribution in [-0.2, 0) is 0 Å². The summed E-state index contributed by atoms with van der Waals surface area (Å²) in [6.07, 6.45) is 0. The lowest BCUT2D eigenvalue weighted by Crippen LogP contribution is -2.04. The third-order valence-corrected chi connectivity index (χ3v) is 2.93. The number of nitro groups is 1. The zero-order chi connectivity index (χ0) is 17.0. The fraction of sp³-hybridized carbons (Fsp3) is 0.0714. The van der Waals surface area contributed by atoms with Gasteiger partial charge in [-0.2, -0.15) is 14.0 Å². The van der Waals surface area contributed by atoms with E-state index >= 15 is 0 Å². The van der Waals surface area contributed by atoms with Gasteiger partial charge in [0.05, 0.1) is 21.6 Å². The first-order chi connectivity index (χ1) is 10.9. The molecule has 0 unspecified atom stereocenters. The second kappa shape index (κ2) is 6.89. The Bertz CT molecular complexity index is 793. The minimum absolute atomic E-state index is 0.0119. The van der Waals surface area contributed by atoms with Crippen LogP contribution in [0.1, 0.15) is 5.56 Å². The van der Waals surface area contributed by atoms with E-state index in [2.05, 4.69) is 4.74 Å². The SMILES string of the molecule is N#Cc1ccc(Oc2ccc([N+](=O)[O-])c(OC(F)F)c2)c(Cl)c1. The lowest BCUT2D eigenvalue weighted by molar-refractivity contribution is -0.386. The van der Waals surface area contributed by atoms with Crippen molar-refractivity contribution >= 4 is 17.3 Å². The van der Waals surface area contributed by atoms with Gasteiger partial charge in [0.25, 0.3) is 0 Å². The van der Waals surface area contributed by atoms with Gasteiger partial charge in [-0.05, 0) is 24.3 Å². The van der Waals surface area contributed by atoms with Gasteiger partial charge >= 0.3 is 12.3 Å². The molecule has 0 amide bonds. The van der Waals surface area contributed by atoms with Crippen LogP contribution in [0.4, 0.5) is 14.5 Å². The van der Waals surface area contributed by atoms with Gasteiger partial charge in [0.15, 0.2) is 0 Å². The predicted molar refractivity (Wildman–Crippen MR) is 76.0 cm³/mol. The number of ether oxygens (including phenoxy) is 2. The molecule has 0 spiro atoms. The Kier molecular flexibility index (Phi) is 4.93. The summed E-state index contributed by atoms with van der Waals surface area (Å²) in [6, 6.07) is 9.26. The summed E-state index contributed by atoms with van der Waals surface area (Å²) < 4.78 is 34.2. The highest BCUT2D eigenvalue weighted by molar-refractivity contribution is 6.32. The second-order valence-electron chi connectivity index (χ2n) is 4.12. The highest BCUT2D eigenvalue weighted by Crippen LogP contribution is 2.36. The quantitative estimate of drug-likeness (QED) is 0.590. The molecule has 0 radical (unpaired) electrons. The number of hydrogen-bond acceptors (Lipinski definition) is 5. The molecular weight excluding hydrogens is 334 g/mol. The second-order valence-corrected chi connectivity index (χ2v) is 4.53. The number of hydrogen-bond donors (Lipinski definition) is 0. The van der Waals surface area contributed by atoms with Crippen molar-refractivity contribution in [3.05, 3.63) is 57.1 Å². The molecular formula is C14H7ClF2N2O4. The average Bonchev–Trinajstić information content (AvgIpc) is 2.48. The summed E-state index contributed by atoms with van der Waals surface area (Å²) in [6.45, 7) is -3.22. The summed E-state index contributed by atoms with van der Waals surface area (Å²) >= 11 is 5.93. The minimum atomic E-state index is -3.22. The summed E-state index contributed by atoms with van der Waals surface area (Å²) in [5.41, 5.74) is -0.309. The molecule has 0 aromatic heterocycles. The van der Waals surface area contributed by atoms with Crippen LogP contribution in [-0.4, -0.2) is 11.5 Å². The van der Waals surface area contributed by atoms with Crippen LogP contribution in [0.5, 0.6) is 17.2 Å². The molecule has 2 aromatic rings. The Balaban J connectivity index is 2.34. The first-order valence-corrected chi connectivity index (χ1v) is 6.39. The minimum Gasteiger partial charge on any atom is -0.456 e. The number of nitro benzene ring substituents is 1. The average molecular weight is 341 g/mol. The zero-order valence-corrected chi connectivity index (χ0v) is 12.0. The van der Waals surface area contributed by atoms with E-state index in [0.717, 1.165) is 12.1 Å². The van der Waals surface area contributed by atoms with Crippen molar-refractivity contribution in [2.45, 2.75) is 6.61 Å². The monoisotopic (exact) mass is 340 g/mol. The normalized spacial score (nSPS) is 10.2. The highest BCUT2D eigenvalue weighted by atomic mass is 35.5. The summed E-state index contributed by atoms with van der Waals surface area (Å²) in [5, 5.41) is 19.7. The van der Waals surface area contributed by atoms with Crippen LogP contribution < -0.4 is 9.47 Å². The molecule has 0 heterocycles. The number of nitriles is 1. The van der Waals surface area contributed by atoms with E-state index in [4.69, 9.17) is 21.6 Å². The Hall–Kier alpha value is -2.92. The molecule has 0 aliphatic carbocycles. The van der Waals surface area contributed by atoms with Crippen molar-refractivity contribution < 1.29 is 23.2 Å². The summed E-state index contributed by atoms with van der Waals surface area (Å²) in [4.78, 5) is 9.93. The van der Waals surface area contributed by atoms with Crippen LogP contribution in [0.2, 0.25) is 5.02 Å². The molecule has 0 saturated heterocycles. The predicted octanol–water partition coefficient (Wildman–Crippen LogP) is 4.51. The van der Waals surface area contributed by atoms with Crippen LogP contribution in [0.15, 0.2) is 36.4 Å². The Morgan fingerprint density at radius 3 is 2.52 bits per heavy atom. The topological polar surface area (TPSA) is 85.4 Å². The lowest BCUT2D eigenvalue weighted by atomic mass is 10.2. The molecule has 0 bridgehead atoms. The molecule has 0 atom stereocenters. The lowest BCUT2D eigenvalue weighted by Gasteiger charge is -2.10. The van der Waals surface area contributed by atoms with Crippen molar-refractivity contribution in [1.29, 1.82) is 5.26 Å². The van der Waals surface area contributed by atoms with Crippen molar-refractivity contribution in [3.63, 3.8) is 0 Å². The van der Waals surface area contributed by atoms with E-state index in [1.165, 1.54) is 24.3 Å². The number of nitrogens with zero attached hydrogens (tertiary/aromatic N) is 2. The number of rotatable bonds is 5. The Morgan fingerprint density at radius 1 is 1.22 bits per heavy atom. The highest BCUT2D eigenvalue weighted by Gasteiger charge is 2.20. The van der Waals surface area contributed by atoms with Crippen molar-refractivity contribution in [1.82, 2.24) is 0 Å². The van der Waals surface area contributed by atoms with Gasteiger partial charge in [0.1, 0.15) is 11.5 Å². The zero-order valence-electron chi connectivity index (χ0n) is 11.2. The van der Waals surface area contributed by atoms with Crippen molar-refractivity contribution in [3.8, 4) is 23.3 Å². The van der Waals surface area contributed by atoms with Crippen LogP contribution in [0.25, 0.3) is 0 Å². The fourth-order valence-corrected chi connectivity index (χ4v) is 1.90. The van der Waals surface area contributed by atoms with Crippen molar-refractivity contribution in [2.75, 3.05) is 0 Å². The number of alkyl halides is 2. The van der Waals surface area contributed by atoms with Gasteiger partial charge in [-0.25, -0.2) is 0 Å². The van der Waals surface area contributed by atoms with E-state index in [9.17, 15) is 18.9 Å². The fourth-order valence-electron chi connectivity index (χ4n) is 1.68. The van der Waals surface area contributed by atoms with Crippen LogP contribution >= 0.6 is 11.6 Å². The Morgan fingerprint density at radius 2 is 1.96 bits per heavy atom. The van der Waals surface area contributed by atoms with Gasteiger partial charge < -0.3 is 9.47 Å². The van der Waals surface area contributed by atoms with Gasteiger partial charge in [0.2, 0.25) is 5.75 Å². The smallest absolute Gasteiger partial charge is 0.387 e. The van der Waals surface area contributed by atoms with Gasteiger partial charge in [-0.1, -0.05) is 11.6 Å². The molecule has 23 heavy (non-hydrogen) atoms. The first-order valence-electron chi connectivity index (χ1n) is 6.01. The van der Waals surface area contributed by atoms with E-state index < -0.39 is 23.0 Å². The third-order valence-electron chi connectivity index (χ3n) is 2.63. The molecule has 0 saturated carbocycles. The van der Waals surface area contributed by atoms with Gasteiger partial charge in [-0.3, -0.25) is 10.1 Å². The van der Waals surface area contributed by atoms with Crippen molar-refractivity contribution in [2.24, 2.45) is 0 Å². The van der Waals surface area contributed by atoms with E-state index in [1.54, 1.807) is 0 Å². The third kappa shape index (κ3) is 4.05. The van der Waals surface area contributed by atoms with E-state index in [-0.39, 0.29) is 16.5 Å². The Labute approximate surface area is 133 Å². The van der Waals surface area contributed by atoms with E-state index in [0.29, 0.717) is 5.56 Å². The molecule has 0 fully saturated rings. The molecule has 9 heteroatoms. The molecule has 0 aliphatic rings. The van der Waals surface area contributed by atoms with Gasteiger partial charge in [0, 0.05) is 12.1 Å². The summed E-state index contributed by atoms with van der Waals surface area (Å²) in [7, 11) is 0. The van der Waals surface area contributed by atoms with Crippen LogP contribution in [0, 0.1) is 21.4 Å². The molecule has 2 aromatic carbocycles. The largest absolute Gasteiger partial charge is 0.456 e. The standard InChI is InChI=1S/C14H7ClF2N2O4/c15-10-5-8(7-18)1-4-12(10)22-9-2-3-11(19(20)21)13(6-9)23-14(16)17/h1-6,14H. The first kappa shape index (κ1) is 16.5. The molecule has 6 nitrogen and oxygen atoms in total. The van der Waals surface area contributed by atoms with E-state index in [1.807, 2.05) is 6.07 Å². The maximum Gasteiger partial charge on any atom is 0.387 e. The number of benzene rings is 2. The maximum absolute atomic E-state index is 12.3. The molecule has 118 valence electrons. The maximum atomic E-state index is 12.3. The molecule has 2 rings (SSSR count). The van der Waals surface area contributed by atoms with Gasteiger partial charge in [-0.15, -0.1) is 0 Å². The molecule has 0 N–H and O–H groups in total. The van der Waals surface area contributed by atoms with Crippen LogP contribution in [0.3, 0.4) is 0 Å².